The van der Waals surface area contributed by atoms with E-state index < -0.39 is 10.2 Å². The van der Waals surface area contributed by atoms with E-state index in [1.807, 2.05) is 49.5 Å². The van der Waals surface area contributed by atoms with Crippen LogP contribution >= 0.6 is 11.8 Å². The van der Waals surface area contributed by atoms with E-state index in [-0.39, 0.29) is 17.9 Å². The molecule has 4 heterocycles. The van der Waals surface area contributed by atoms with Gasteiger partial charge in [0, 0.05) is 18.8 Å². The summed E-state index contributed by atoms with van der Waals surface area (Å²) in [4.78, 5) is 36.3. The number of fused-ring (bicyclic) bond motifs is 4. The minimum absolute atomic E-state index is 0.00352. The van der Waals surface area contributed by atoms with Crippen LogP contribution in [0.4, 0.5) is 5.69 Å². The molecule has 6 rings (SSSR count). The third-order valence-electron chi connectivity index (χ3n) is 6.70. The van der Waals surface area contributed by atoms with E-state index in [0.29, 0.717) is 19.6 Å². The zero-order valence-corrected chi connectivity index (χ0v) is 16.8. The van der Waals surface area contributed by atoms with E-state index in [1.165, 1.54) is 11.8 Å². The highest BCUT2D eigenvalue weighted by Crippen LogP contribution is 2.65. The molecule has 4 aliphatic heterocycles. The van der Waals surface area contributed by atoms with Gasteiger partial charge in [-0.1, -0.05) is 60.3 Å². The standard InChI is InChI=1S/C22H20N4O2S/c1-25-13-21(15-9-5-6-10-16(15)24-18(21)27)22(17(25)14-7-3-2-4-8-14)19(28)26-12-11-23-20(26)29-22/h2-10,17H,11-13H2,1H3,(H,24,27)/t17-,21+,22+/m0/s1. The third-order valence-corrected chi connectivity index (χ3v) is 8.30. The monoisotopic (exact) mass is 404 g/mol. The zero-order chi connectivity index (χ0) is 19.8. The van der Waals surface area contributed by atoms with Gasteiger partial charge < -0.3 is 5.32 Å². The van der Waals surface area contributed by atoms with Crippen LogP contribution in [0.1, 0.15) is 17.2 Å². The smallest absolute Gasteiger partial charge is 0.248 e. The van der Waals surface area contributed by atoms with Gasteiger partial charge in [0.2, 0.25) is 11.8 Å². The van der Waals surface area contributed by atoms with Gasteiger partial charge in [-0.05, 0) is 24.2 Å². The lowest BCUT2D eigenvalue weighted by molar-refractivity contribution is -0.134. The molecule has 3 atom stereocenters. The molecule has 2 amide bonds. The molecule has 0 saturated carbocycles. The summed E-state index contributed by atoms with van der Waals surface area (Å²) >= 11 is 1.49. The number of benzene rings is 2. The maximum atomic E-state index is 14.1. The molecule has 7 heteroatoms. The fourth-order valence-electron chi connectivity index (χ4n) is 5.63. The van der Waals surface area contributed by atoms with E-state index in [0.717, 1.165) is 22.0 Å². The van der Waals surface area contributed by atoms with Gasteiger partial charge >= 0.3 is 0 Å². The number of anilines is 1. The molecule has 29 heavy (non-hydrogen) atoms. The van der Waals surface area contributed by atoms with Gasteiger partial charge in [-0.25, -0.2) is 0 Å². The Kier molecular flexibility index (Phi) is 3.39. The number of nitrogens with zero attached hydrogens (tertiary/aromatic N) is 3. The summed E-state index contributed by atoms with van der Waals surface area (Å²) < 4.78 is -0.987. The summed E-state index contributed by atoms with van der Waals surface area (Å²) in [6.45, 7) is 1.70. The van der Waals surface area contributed by atoms with Crippen LogP contribution in [-0.2, 0) is 15.0 Å². The average Bonchev–Trinajstić information content (AvgIpc) is 3.43. The van der Waals surface area contributed by atoms with Gasteiger partial charge in [-0.2, -0.15) is 0 Å². The first kappa shape index (κ1) is 17.2. The molecule has 2 fully saturated rings. The number of carbonyl (C=O) groups is 2. The summed E-state index contributed by atoms with van der Waals surface area (Å²) in [6, 6.07) is 17.6. The van der Waals surface area contributed by atoms with Gasteiger partial charge in [0.15, 0.2) is 5.17 Å². The van der Waals surface area contributed by atoms with Gasteiger partial charge in [0.05, 0.1) is 12.6 Å². The number of hydrogen-bond acceptors (Lipinski definition) is 5. The number of hydrogen-bond donors (Lipinski definition) is 1. The molecular formula is C22H20N4O2S. The van der Waals surface area contributed by atoms with Crippen LogP contribution in [-0.4, -0.2) is 58.2 Å². The normalized spacial score (nSPS) is 32.8. The Morgan fingerprint density at radius 3 is 2.66 bits per heavy atom. The van der Waals surface area contributed by atoms with Crippen LogP contribution in [0.2, 0.25) is 0 Å². The molecular weight excluding hydrogens is 384 g/mol. The fourth-order valence-corrected chi connectivity index (χ4v) is 7.42. The number of likely N-dealkylation sites (N-methyl/N-ethyl adjacent to an activating group) is 1. The second-order valence-electron chi connectivity index (χ2n) is 8.09. The molecule has 146 valence electrons. The Morgan fingerprint density at radius 1 is 1.10 bits per heavy atom. The van der Waals surface area contributed by atoms with Crippen molar-refractivity contribution >= 4 is 34.4 Å². The van der Waals surface area contributed by atoms with E-state index >= 15 is 0 Å². The number of likely N-dealkylation sites (tertiary alicyclic amines) is 1. The van der Waals surface area contributed by atoms with E-state index in [2.05, 4.69) is 27.3 Å². The van der Waals surface area contributed by atoms with Crippen molar-refractivity contribution in [2.24, 2.45) is 4.99 Å². The molecule has 0 unspecified atom stereocenters. The molecule has 6 nitrogen and oxygen atoms in total. The van der Waals surface area contributed by atoms with Gasteiger partial charge in [-0.15, -0.1) is 0 Å². The highest BCUT2D eigenvalue weighted by Gasteiger charge is 2.77. The maximum Gasteiger partial charge on any atom is 0.248 e. The lowest BCUT2D eigenvalue weighted by atomic mass is 9.68. The Hall–Kier alpha value is -2.64. The van der Waals surface area contributed by atoms with Crippen LogP contribution in [0.3, 0.4) is 0 Å². The van der Waals surface area contributed by atoms with Crippen LogP contribution in [0.25, 0.3) is 0 Å². The lowest BCUT2D eigenvalue weighted by Crippen LogP contribution is -2.58. The number of para-hydroxylation sites is 1. The zero-order valence-electron chi connectivity index (χ0n) is 16.0. The van der Waals surface area contributed by atoms with Gasteiger partial charge in [-0.3, -0.25) is 24.4 Å². The molecule has 2 spiro atoms. The van der Waals surface area contributed by atoms with Crippen molar-refractivity contribution in [2.45, 2.75) is 16.2 Å². The Morgan fingerprint density at radius 2 is 1.86 bits per heavy atom. The van der Waals surface area contributed by atoms with Crippen molar-refractivity contribution in [3.8, 4) is 0 Å². The van der Waals surface area contributed by atoms with E-state index in [4.69, 9.17) is 0 Å². The Labute approximate surface area is 173 Å². The van der Waals surface area contributed by atoms with Crippen molar-refractivity contribution in [3.63, 3.8) is 0 Å². The second kappa shape index (κ2) is 5.70. The molecule has 2 saturated heterocycles. The molecule has 2 aromatic rings. The predicted octanol–water partition coefficient (Wildman–Crippen LogP) is 2.25. The minimum Gasteiger partial charge on any atom is -0.325 e. The summed E-state index contributed by atoms with van der Waals surface area (Å²) in [6.07, 6.45) is 0. The Balaban J connectivity index is 1.66. The van der Waals surface area contributed by atoms with Crippen molar-refractivity contribution in [1.82, 2.24) is 9.80 Å². The lowest BCUT2D eigenvalue weighted by Gasteiger charge is -2.39. The van der Waals surface area contributed by atoms with Crippen molar-refractivity contribution < 1.29 is 9.59 Å². The number of rotatable bonds is 1. The number of thioether (sulfide) groups is 1. The van der Waals surface area contributed by atoms with Crippen LogP contribution in [0, 0.1) is 0 Å². The highest BCUT2D eigenvalue weighted by molar-refractivity contribution is 8.16. The SMILES string of the molecule is CN1C[C@@]2(C(=O)Nc3ccccc32)[C@@]2(SC3=NCCN3C2=O)[C@@H]1c1ccccc1. The topological polar surface area (TPSA) is 65.0 Å². The summed E-state index contributed by atoms with van der Waals surface area (Å²) in [5.41, 5.74) is 1.80. The molecule has 0 radical (unpaired) electrons. The fraction of sp³-hybridized carbons (Fsp3) is 0.318. The quantitative estimate of drug-likeness (QED) is 0.792. The Bertz CT molecular complexity index is 1090. The van der Waals surface area contributed by atoms with Gasteiger partial charge in [0.1, 0.15) is 10.2 Å². The van der Waals surface area contributed by atoms with Crippen LogP contribution < -0.4 is 5.32 Å². The number of aliphatic imine (C=N–C) groups is 1. The first-order valence-corrected chi connectivity index (χ1v) is 10.6. The van der Waals surface area contributed by atoms with Crippen LogP contribution in [0.15, 0.2) is 59.6 Å². The first-order valence-electron chi connectivity index (χ1n) is 9.81. The molecule has 2 aromatic carbocycles. The number of amides is 2. The molecule has 1 N–H and O–H groups in total. The van der Waals surface area contributed by atoms with E-state index in [1.54, 1.807) is 4.90 Å². The molecule has 4 aliphatic rings. The number of amidine groups is 1. The molecule has 0 bridgehead atoms. The summed E-state index contributed by atoms with van der Waals surface area (Å²) in [7, 11) is 2.02. The minimum atomic E-state index is -0.987. The highest BCUT2D eigenvalue weighted by atomic mass is 32.2. The third kappa shape index (κ3) is 1.90. The summed E-state index contributed by atoms with van der Waals surface area (Å²) in [5, 5.41) is 3.82. The largest absolute Gasteiger partial charge is 0.325 e. The molecule has 0 aromatic heterocycles. The summed E-state index contributed by atoms with van der Waals surface area (Å²) in [5.74, 6) is -0.0876. The average molecular weight is 404 g/mol. The predicted molar refractivity (Wildman–Crippen MR) is 113 cm³/mol. The van der Waals surface area contributed by atoms with Crippen molar-refractivity contribution in [3.05, 3.63) is 65.7 Å². The second-order valence-corrected chi connectivity index (χ2v) is 9.31. The van der Waals surface area contributed by atoms with Gasteiger partial charge in [0.25, 0.3) is 0 Å². The maximum absolute atomic E-state index is 14.1. The number of nitrogens with one attached hydrogen (secondary N) is 1. The molecule has 0 aliphatic carbocycles. The van der Waals surface area contributed by atoms with Crippen molar-refractivity contribution in [2.75, 3.05) is 32.0 Å². The number of carbonyl (C=O) groups excluding carboxylic acids is 2. The first-order chi connectivity index (χ1) is 14.1. The van der Waals surface area contributed by atoms with E-state index in [9.17, 15) is 9.59 Å². The van der Waals surface area contributed by atoms with Crippen molar-refractivity contribution in [1.29, 1.82) is 0 Å². The van der Waals surface area contributed by atoms with Crippen LogP contribution in [0.5, 0.6) is 0 Å².